The Balaban J connectivity index is 1.64. The van der Waals surface area contributed by atoms with Crippen molar-refractivity contribution < 1.29 is 26.8 Å². The lowest BCUT2D eigenvalue weighted by atomic mass is 10.2. The topological polar surface area (TPSA) is 118 Å². The second-order valence-electron chi connectivity index (χ2n) is 7.18. The van der Waals surface area contributed by atoms with Crippen LogP contribution in [0.4, 0.5) is 10.1 Å². The first-order valence-electron chi connectivity index (χ1n) is 9.56. The third kappa shape index (κ3) is 4.19. The van der Waals surface area contributed by atoms with E-state index in [0.29, 0.717) is 31.9 Å². The Hall–Kier alpha value is -3.18. The number of nitrogens with one attached hydrogen (secondary N) is 2. The molecular formula is C20H21FN4O5S. The molecule has 0 radical (unpaired) electrons. The number of hydrogen-bond donors (Lipinski definition) is 2. The number of carbonyl (C=O) groups is 1. The number of morpholine rings is 1. The molecule has 0 spiro atoms. The van der Waals surface area contributed by atoms with Gasteiger partial charge in [0.2, 0.25) is 0 Å². The van der Waals surface area contributed by atoms with Gasteiger partial charge < -0.3 is 14.1 Å². The minimum absolute atomic E-state index is 0.0920. The van der Waals surface area contributed by atoms with Crippen LogP contribution in [0.15, 0.2) is 39.8 Å². The van der Waals surface area contributed by atoms with Crippen molar-refractivity contribution in [3.05, 3.63) is 53.2 Å². The van der Waals surface area contributed by atoms with E-state index in [1.807, 2.05) is 0 Å². The largest absolute Gasteiger partial charge is 0.458 e. The van der Waals surface area contributed by atoms with Gasteiger partial charge in [0.1, 0.15) is 22.2 Å². The third-order valence-electron chi connectivity index (χ3n) is 4.95. The van der Waals surface area contributed by atoms with Gasteiger partial charge in [0.25, 0.3) is 15.9 Å². The van der Waals surface area contributed by atoms with Crippen molar-refractivity contribution in [3.8, 4) is 11.5 Å². The van der Waals surface area contributed by atoms with Crippen molar-refractivity contribution >= 4 is 21.6 Å². The number of aromatic nitrogens is 2. The number of benzene rings is 1. The van der Waals surface area contributed by atoms with Crippen molar-refractivity contribution in [2.75, 3.05) is 31.0 Å². The molecule has 11 heteroatoms. The highest BCUT2D eigenvalue weighted by Crippen LogP contribution is 2.31. The van der Waals surface area contributed by atoms with E-state index in [2.05, 4.69) is 14.9 Å². The van der Waals surface area contributed by atoms with Crippen molar-refractivity contribution in [3.63, 3.8) is 0 Å². The summed E-state index contributed by atoms with van der Waals surface area (Å²) in [7, 11) is -4.13. The van der Waals surface area contributed by atoms with Gasteiger partial charge >= 0.3 is 0 Å². The molecule has 1 amide bonds. The second-order valence-corrected chi connectivity index (χ2v) is 8.83. The Morgan fingerprint density at radius 2 is 1.97 bits per heavy atom. The van der Waals surface area contributed by atoms with E-state index in [4.69, 9.17) is 9.15 Å². The van der Waals surface area contributed by atoms with Crippen LogP contribution in [0.3, 0.4) is 0 Å². The number of amides is 1. The number of H-pyrrole nitrogens is 1. The molecule has 0 saturated carbocycles. The van der Waals surface area contributed by atoms with Crippen molar-refractivity contribution in [2.45, 2.75) is 18.7 Å². The molecule has 1 aliphatic heterocycles. The number of sulfonamides is 1. The van der Waals surface area contributed by atoms with Gasteiger partial charge in [-0.2, -0.15) is 5.10 Å². The van der Waals surface area contributed by atoms with Crippen LogP contribution in [0, 0.1) is 19.7 Å². The normalized spacial score (nSPS) is 14.6. The third-order valence-corrected chi connectivity index (χ3v) is 6.42. The summed E-state index contributed by atoms with van der Waals surface area (Å²) in [5.74, 6) is -0.715. The Morgan fingerprint density at radius 1 is 1.23 bits per heavy atom. The van der Waals surface area contributed by atoms with Gasteiger partial charge in [-0.15, -0.1) is 0 Å². The van der Waals surface area contributed by atoms with Gasteiger partial charge in [0.05, 0.1) is 30.7 Å². The van der Waals surface area contributed by atoms with E-state index < -0.39 is 15.8 Å². The van der Waals surface area contributed by atoms with E-state index in [0.717, 1.165) is 0 Å². The summed E-state index contributed by atoms with van der Waals surface area (Å²) >= 11 is 0. The molecule has 1 saturated heterocycles. The second kappa shape index (κ2) is 8.16. The molecule has 3 aromatic rings. The number of nitrogens with zero attached hydrogens (tertiary/aromatic N) is 2. The first kappa shape index (κ1) is 21.1. The van der Waals surface area contributed by atoms with Gasteiger partial charge in [-0.3, -0.25) is 14.6 Å². The highest BCUT2D eigenvalue weighted by molar-refractivity contribution is 7.92. The summed E-state index contributed by atoms with van der Waals surface area (Å²) in [6.07, 6.45) is 1.37. The van der Waals surface area contributed by atoms with Crippen LogP contribution in [-0.2, 0) is 14.8 Å². The van der Waals surface area contributed by atoms with Crippen molar-refractivity contribution in [1.82, 2.24) is 15.1 Å². The lowest BCUT2D eigenvalue weighted by molar-refractivity contribution is 0.0303. The Morgan fingerprint density at radius 3 is 2.68 bits per heavy atom. The molecule has 31 heavy (non-hydrogen) atoms. The number of rotatable bonds is 5. The molecule has 1 fully saturated rings. The zero-order valence-corrected chi connectivity index (χ0v) is 17.8. The van der Waals surface area contributed by atoms with Crippen molar-refractivity contribution in [2.24, 2.45) is 0 Å². The molecule has 4 rings (SSSR count). The number of furan rings is 1. The first-order chi connectivity index (χ1) is 14.8. The summed E-state index contributed by atoms with van der Waals surface area (Å²) in [4.78, 5) is 14.3. The van der Waals surface area contributed by atoms with Crippen LogP contribution < -0.4 is 4.72 Å². The molecule has 164 valence electrons. The van der Waals surface area contributed by atoms with Crippen molar-refractivity contribution in [1.29, 1.82) is 0 Å². The van der Waals surface area contributed by atoms with Gasteiger partial charge in [0, 0.05) is 19.2 Å². The van der Waals surface area contributed by atoms with E-state index in [1.54, 1.807) is 17.9 Å². The zero-order valence-electron chi connectivity index (χ0n) is 16.9. The average molecular weight is 448 g/mol. The zero-order chi connectivity index (χ0) is 22.2. The molecule has 1 aliphatic rings. The lowest BCUT2D eigenvalue weighted by Gasteiger charge is -2.26. The van der Waals surface area contributed by atoms with Gasteiger partial charge in [-0.25, -0.2) is 12.8 Å². The predicted molar refractivity (Wildman–Crippen MR) is 110 cm³/mol. The molecule has 0 atom stereocenters. The minimum atomic E-state index is -4.13. The highest BCUT2D eigenvalue weighted by atomic mass is 32.2. The monoisotopic (exact) mass is 448 g/mol. The number of anilines is 1. The number of hydrogen-bond acceptors (Lipinski definition) is 6. The van der Waals surface area contributed by atoms with Crippen LogP contribution in [0.2, 0.25) is 0 Å². The minimum Gasteiger partial charge on any atom is -0.458 e. The number of ether oxygens (including phenoxy) is 1. The number of aromatic amines is 1. The van der Waals surface area contributed by atoms with E-state index >= 15 is 0 Å². The molecule has 0 aliphatic carbocycles. The molecule has 3 heterocycles. The fourth-order valence-electron chi connectivity index (χ4n) is 3.33. The first-order valence-corrected chi connectivity index (χ1v) is 11.0. The maximum Gasteiger partial charge on any atom is 0.265 e. The summed E-state index contributed by atoms with van der Waals surface area (Å²) in [6.45, 7) is 4.97. The number of carbonyl (C=O) groups excluding carboxylic acids is 1. The highest BCUT2D eigenvalue weighted by Gasteiger charge is 2.28. The Bertz CT molecular complexity index is 1230. The average Bonchev–Trinajstić information content (AvgIpc) is 3.37. The molecule has 1 aromatic carbocycles. The molecule has 0 bridgehead atoms. The SMILES string of the molecule is Cc1ccc(NS(=O)(=O)c2cc(-c3[nH]ncc3C(=O)N3CCOCC3)oc2C)c(F)c1. The smallest absolute Gasteiger partial charge is 0.265 e. The standard InChI is InChI=1S/C20H21FN4O5S/c1-12-3-4-16(15(21)9-12)24-31(27,28)18-10-17(30-13(18)2)19-14(11-22-23-19)20(26)25-5-7-29-8-6-25/h3-4,9-11,24H,5-8H2,1-2H3,(H,22,23). The van der Waals surface area contributed by atoms with Crippen LogP contribution in [0.25, 0.3) is 11.5 Å². The fraction of sp³-hybridized carbons (Fsp3) is 0.300. The molecular weight excluding hydrogens is 427 g/mol. The number of aryl methyl sites for hydroxylation is 2. The van der Waals surface area contributed by atoms with Crippen LogP contribution in [-0.4, -0.2) is 55.7 Å². The van der Waals surface area contributed by atoms with E-state index in [9.17, 15) is 17.6 Å². The van der Waals surface area contributed by atoms with Crippen LogP contribution in [0.1, 0.15) is 21.7 Å². The summed E-state index contributed by atoms with van der Waals surface area (Å²) in [6, 6.07) is 5.47. The van der Waals surface area contributed by atoms with Gasteiger partial charge in [0.15, 0.2) is 5.76 Å². The molecule has 2 aromatic heterocycles. The molecule has 0 unspecified atom stereocenters. The number of halogens is 1. The van der Waals surface area contributed by atoms with E-state index in [1.165, 1.54) is 31.3 Å². The quantitative estimate of drug-likeness (QED) is 0.620. The molecule has 2 N–H and O–H groups in total. The maximum atomic E-state index is 14.1. The van der Waals surface area contributed by atoms with Gasteiger partial charge in [-0.1, -0.05) is 6.07 Å². The Labute approximate surface area is 178 Å². The summed E-state index contributed by atoms with van der Waals surface area (Å²) in [5, 5.41) is 6.63. The predicted octanol–water partition coefficient (Wildman–Crippen LogP) is 2.70. The van der Waals surface area contributed by atoms with E-state index in [-0.39, 0.29) is 39.3 Å². The Kier molecular flexibility index (Phi) is 5.54. The molecule has 9 nitrogen and oxygen atoms in total. The lowest BCUT2D eigenvalue weighted by Crippen LogP contribution is -2.40. The summed E-state index contributed by atoms with van der Waals surface area (Å²) in [5.41, 5.74) is 1.02. The van der Waals surface area contributed by atoms with Crippen LogP contribution >= 0.6 is 0 Å². The van der Waals surface area contributed by atoms with Gasteiger partial charge in [-0.05, 0) is 31.5 Å². The summed E-state index contributed by atoms with van der Waals surface area (Å²) < 4.78 is 53.0. The fourth-order valence-corrected chi connectivity index (χ4v) is 4.58. The maximum absolute atomic E-state index is 14.1. The van der Waals surface area contributed by atoms with Crippen LogP contribution in [0.5, 0.6) is 0 Å².